The van der Waals surface area contributed by atoms with Crippen molar-refractivity contribution in [2.45, 2.75) is 13.5 Å². The third-order valence-electron chi connectivity index (χ3n) is 2.11. The fraction of sp³-hybridized carbons (Fsp3) is 0.182. The molecule has 0 fully saturated rings. The number of nitrogens with zero attached hydrogens (tertiary/aromatic N) is 5. The van der Waals surface area contributed by atoms with Crippen LogP contribution < -0.4 is 5.32 Å². The highest BCUT2D eigenvalue weighted by atomic mass is 15.2. The topological polar surface area (TPSA) is 87.4 Å². The van der Waals surface area contributed by atoms with Crippen LogP contribution in [0.5, 0.6) is 0 Å². The van der Waals surface area contributed by atoms with Crippen LogP contribution >= 0.6 is 0 Å². The number of nitriles is 1. The predicted octanol–water partition coefficient (Wildman–Crippen LogP) is 1.06. The second-order valence-electron chi connectivity index (χ2n) is 3.35. The van der Waals surface area contributed by atoms with Crippen LogP contribution in [0.4, 0.5) is 5.82 Å². The molecule has 0 saturated heterocycles. The van der Waals surface area contributed by atoms with Gasteiger partial charge in [0.05, 0.1) is 24.0 Å². The van der Waals surface area contributed by atoms with E-state index in [9.17, 15) is 0 Å². The van der Waals surface area contributed by atoms with Gasteiger partial charge in [-0.25, -0.2) is 9.97 Å². The van der Waals surface area contributed by atoms with Gasteiger partial charge in [0, 0.05) is 6.20 Å². The summed E-state index contributed by atoms with van der Waals surface area (Å²) in [6.45, 7) is 2.31. The maximum absolute atomic E-state index is 8.88. The summed E-state index contributed by atoms with van der Waals surface area (Å²) in [6, 6.07) is 5.47. The summed E-state index contributed by atoms with van der Waals surface area (Å²) in [7, 11) is 0. The van der Waals surface area contributed by atoms with Crippen molar-refractivity contribution >= 4 is 5.82 Å². The Kier molecular flexibility index (Phi) is 3.21. The Hall–Kier alpha value is -2.55. The second-order valence-corrected chi connectivity index (χ2v) is 3.35. The second kappa shape index (κ2) is 4.99. The van der Waals surface area contributed by atoms with Crippen LogP contribution in [-0.4, -0.2) is 20.2 Å². The van der Waals surface area contributed by atoms with Crippen LogP contribution in [0, 0.1) is 18.3 Å². The zero-order valence-corrected chi connectivity index (χ0v) is 9.25. The molecule has 2 rings (SSSR count). The molecule has 0 spiro atoms. The number of hydrogen-bond acceptors (Lipinski definition) is 6. The van der Waals surface area contributed by atoms with E-state index in [4.69, 9.17) is 5.26 Å². The van der Waals surface area contributed by atoms with Crippen molar-refractivity contribution < 1.29 is 0 Å². The van der Waals surface area contributed by atoms with Gasteiger partial charge in [-0.2, -0.15) is 10.4 Å². The molecule has 6 nitrogen and oxygen atoms in total. The van der Waals surface area contributed by atoms with Crippen LogP contribution in [0.1, 0.15) is 17.1 Å². The van der Waals surface area contributed by atoms with E-state index in [1.54, 1.807) is 12.3 Å². The number of aromatic nitrogens is 4. The van der Waals surface area contributed by atoms with Gasteiger partial charge in [0.25, 0.3) is 0 Å². The van der Waals surface area contributed by atoms with E-state index in [-0.39, 0.29) is 0 Å². The maximum Gasteiger partial charge on any atom is 0.166 e. The number of anilines is 1. The summed E-state index contributed by atoms with van der Waals surface area (Å²) in [5.74, 6) is 1.18. The minimum Gasteiger partial charge on any atom is -0.362 e. The quantitative estimate of drug-likeness (QED) is 0.841. The monoisotopic (exact) mass is 226 g/mol. The number of hydrogen-bond donors (Lipinski definition) is 1. The number of aryl methyl sites for hydroxylation is 1. The molecule has 6 heteroatoms. The Bertz CT molecular complexity index is 560. The van der Waals surface area contributed by atoms with E-state index >= 15 is 0 Å². The van der Waals surface area contributed by atoms with Gasteiger partial charge in [-0.1, -0.05) is 0 Å². The first kappa shape index (κ1) is 11.0. The van der Waals surface area contributed by atoms with E-state index in [0.717, 1.165) is 5.69 Å². The molecule has 2 heterocycles. The zero-order chi connectivity index (χ0) is 12.1. The predicted molar refractivity (Wildman–Crippen MR) is 60.8 cm³/mol. The summed E-state index contributed by atoms with van der Waals surface area (Å²) in [5, 5.41) is 19.5. The van der Waals surface area contributed by atoms with E-state index in [1.807, 2.05) is 19.1 Å². The molecule has 0 radical (unpaired) electrons. The van der Waals surface area contributed by atoms with Gasteiger partial charge >= 0.3 is 0 Å². The molecule has 0 amide bonds. The highest BCUT2D eigenvalue weighted by Crippen LogP contribution is 2.09. The molecule has 0 aliphatic carbocycles. The largest absolute Gasteiger partial charge is 0.362 e. The molecule has 17 heavy (non-hydrogen) atoms. The lowest BCUT2D eigenvalue weighted by molar-refractivity contribution is 0.934. The fourth-order valence-electron chi connectivity index (χ4n) is 1.33. The van der Waals surface area contributed by atoms with Crippen LogP contribution in [0.3, 0.4) is 0 Å². The lowest BCUT2D eigenvalue weighted by Crippen LogP contribution is -2.06. The molecule has 84 valence electrons. The van der Waals surface area contributed by atoms with Crippen molar-refractivity contribution in [1.82, 2.24) is 20.2 Å². The lowest BCUT2D eigenvalue weighted by Gasteiger charge is -2.05. The molecule has 0 unspecified atom stereocenters. The molecule has 2 aromatic heterocycles. The Balaban J connectivity index is 2.10. The summed E-state index contributed by atoms with van der Waals surface area (Å²) in [5.41, 5.74) is 1.30. The summed E-state index contributed by atoms with van der Waals surface area (Å²) < 4.78 is 0. The molecule has 2 aromatic rings. The first-order valence-electron chi connectivity index (χ1n) is 5.04. The third-order valence-corrected chi connectivity index (χ3v) is 2.11. The summed E-state index contributed by atoms with van der Waals surface area (Å²) in [6.07, 6.45) is 3.18. The van der Waals surface area contributed by atoms with Crippen molar-refractivity contribution in [3.8, 4) is 6.07 Å². The molecule has 1 N–H and O–H groups in total. The lowest BCUT2D eigenvalue weighted by atomic mass is 10.3. The first-order chi connectivity index (χ1) is 8.29. The Morgan fingerprint density at radius 2 is 2.24 bits per heavy atom. The van der Waals surface area contributed by atoms with Crippen molar-refractivity contribution in [2.75, 3.05) is 5.32 Å². The molecule has 0 bridgehead atoms. The molecular weight excluding hydrogens is 216 g/mol. The van der Waals surface area contributed by atoms with Gasteiger partial charge < -0.3 is 5.32 Å². The van der Waals surface area contributed by atoms with Crippen molar-refractivity contribution in [1.29, 1.82) is 5.26 Å². The van der Waals surface area contributed by atoms with Gasteiger partial charge in [-0.05, 0) is 19.1 Å². The van der Waals surface area contributed by atoms with Crippen molar-refractivity contribution in [3.05, 3.63) is 41.6 Å². The molecule has 0 atom stereocenters. The minimum absolute atomic E-state index is 0.464. The molecule has 0 aliphatic rings. The normalized spacial score (nSPS) is 9.65. The standard InChI is InChI=1S/C11H10N6/c1-8-13-4-3-10(16-8)7-14-11-9(6-12)2-5-15-17-11/h2-5H,7H2,1H3,(H,14,17). The molecule has 0 aromatic carbocycles. The average Bonchev–Trinajstić information content (AvgIpc) is 2.37. The van der Waals surface area contributed by atoms with Gasteiger partial charge in [-0.15, -0.1) is 5.10 Å². The highest BCUT2D eigenvalue weighted by Gasteiger charge is 2.03. The van der Waals surface area contributed by atoms with Gasteiger partial charge in [0.15, 0.2) is 5.82 Å². The summed E-state index contributed by atoms with van der Waals surface area (Å²) >= 11 is 0. The van der Waals surface area contributed by atoms with Gasteiger partial charge in [-0.3, -0.25) is 0 Å². The Morgan fingerprint density at radius 3 is 3.00 bits per heavy atom. The Morgan fingerprint density at radius 1 is 1.35 bits per heavy atom. The highest BCUT2D eigenvalue weighted by molar-refractivity contribution is 5.50. The van der Waals surface area contributed by atoms with E-state index < -0.39 is 0 Å². The minimum atomic E-state index is 0.464. The molecule has 0 saturated carbocycles. The molecular formula is C11H10N6. The zero-order valence-electron chi connectivity index (χ0n) is 9.25. The molecule has 0 aliphatic heterocycles. The van der Waals surface area contributed by atoms with Crippen LogP contribution in [0.2, 0.25) is 0 Å². The SMILES string of the molecule is Cc1nccc(CNc2nnccc2C#N)n1. The smallest absolute Gasteiger partial charge is 0.166 e. The fourth-order valence-corrected chi connectivity index (χ4v) is 1.33. The van der Waals surface area contributed by atoms with E-state index in [2.05, 4.69) is 25.5 Å². The van der Waals surface area contributed by atoms with Crippen LogP contribution in [0.25, 0.3) is 0 Å². The average molecular weight is 226 g/mol. The Labute approximate surface area is 98.4 Å². The van der Waals surface area contributed by atoms with Crippen LogP contribution in [0.15, 0.2) is 24.5 Å². The van der Waals surface area contributed by atoms with Gasteiger partial charge in [0.2, 0.25) is 0 Å². The van der Waals surface area contributed by atoms with E-state index in [0.29, 0.717) is 23.8 Å². The van der Waals surface area contributed by atoms with Crippen LogP contribution in [-0.2, 0) is 6.54 Å². The maximum atomic E-state index is 8.88. The third kappa shape index (κ3) is 2.72. The number of nitrogens with one attached hydrogen (secondary N) is 1. The number of rotatable bonds is 3. The summed E-state index contributed by atoms with van der Waals surface area (Å²) in [4.78, 5) is 8.25. The van der Waals surface area contributed by atoms with Crippen molar-refractivity contribution in [3.63, 3.8) is 0 Å². The van der Waals surface area contributed by atoms with Gasteiger partial charge in [0.1, 0.15) is 11.9 Å². The van der Waals surface area contributed by atoms with E-state index in [1.165, 1.54) is 6.20 Å². The first-order valence-corrected chi connectivity index (χ1v) is 5.04. The van der Waals surface area contributed by atoms with Crippen molar-refractivity contribution in [2.24, 2.45) is 0 Å².